The summed E-state index contributed by atoms with van der Waals surface area (Å²) in [6.07, 6.45) is 3.86. The molecule has 1 atom stereocenters. The number of aromatic nitrogens is 2. The number of morpholine rings is 1. The maximum Gasteiger partial charge on any atom is 0.253 e. The average molecular weight is 419 g/mol. The molecule has 9 heteroatoms. The minimum absolute atomic E-state index is 0.0686. The molecule has 29 heavy (non-hydrogen) atoms. The molecule has 4 rings (SSSR count). The molecule has 0 aliphatic carbocycles. The molecule has 156 valence electrons. The Labute approximate surface area is 171 Å². The molecule has 0 N–H and O–H groups in total. The molecule has 0 unspecified atom stereocenters. The number of rotatable bonds is 4. The summed E-state index contributed by atoms with van der Waals surface area (Å²) < 4.78 is 33.9. The lowest BCUT2D eigenvalue weighted by molar-refractivity contribution is 0.0705. The zero-order chi connectivity index (χ0) is 20.4. The van der Waals surface area contributed by atoms with Gasteiger partial charge in [-0.15, -0.1) is 0 Å². The van der Waals surface area contributed by atoms with Crippen LogP contribution in [0.3, 0.4) is 0 Å². The van der Waals surface area contributed by atoms with Gasteiger partial charge in [0.25, 0.3) is 5.91 Å². The molecule has 0 radical (unpaired) electrons. The lowest BCUT2D eigenvalue weighted by Crippen LogP contribution is -2.40. The second kappa shape index (κ2) is 8.25. The zero-order valence-electron chi connectivity index (χ0n) is 16.5. The first-order valence-electron chi connectivity index (χ1n) is 9.92. The number of likely N-dealkylation sites (tertiary alicyclic amines) is 1. The third kappa shape index (κ3) is 4.22. The Hall–Kier alpha value is -2.23. The highest BCUT2D eigenvalue weighted by Crippen LogP contribution is 2.27. The van der Waals surface area contributed by atoms with Crippen LogP contribution in [0.15, 0.2) is 41.4 Å². The maximum atomic E-state index is 13.0. The van der Waals surface area contributed by atoms with E-state index in [9.17, 15) is 13.2 Å². The number of amides is 1. The molecular weight excluding hydrogens is 392 g/mol. The van der Waals surface area contributed by atoms with Crippen molar-refractivity contribution in [3.8, 4) is 0 Å². The molecule has 2 aliphatic heterocycles. The van der Waals surface area contributed by atoms with Gasteiger partial charge in [-0.1, -0.05) is 0 Å². The predicted octanol–water partition coefficient (Wildman–Crippen LogP) is 1.46. The summed E-state index contributed by atoms with van der Waals surface area (Å²) in [6, 6.07) is 8.28. The maximum absolute atomic E-state index is 13.0. The normalized spacial score (nSPS) is 21.3. The Balaban J connectivity index is 1.46. The van der Waals surface area contributed by atoms with Crippen molar-refractivity contribution < 1.29 is 17.9 Å². The third-order valence-electron chi connectivity index (χ3n) is 5.57. The fourth-order valence-corrected chi connectivity index (χ4v) is 5.35. The first-order chi connectivity index (χ1) is 13.9. The van der Waals surface area contributed by atoms with Crippen molar-refractivity contribution in [2.75, 3.05) is 39.4 Å². The lowest BCUT2D eigenvalue weighted by Gasteiger charge is -2.32. The Morgan fingerprint density at radius 2 is 1.83 bits per heavy atom. The van der Waals surface area contributed by atoms with Crippen LogP contribution in [0.4, 0.5) is 0 Å². The van der Waals surface area contributed by atoms with E-state index in [0.29, 0.717) is 45.0 Å². The number of carbonyl (C=O) groups is 1. The standard InChI is InChI=1S/C20H26N4O4S/c1-22-10-8-19(21-22)17-3-2-9-23(15-17)20(25)16-4-6-18(7-5-16)29(26,27)24-11-13-28-14-12-24/h4-8,10,17H,2-3,9,11-15H2,1H3/t17-/m1/s1. The van der Waals surface area contributed by atoms with Gasteiger partial charge in [0, 0.05) is 50.9 Å². The number of hydrogen-bond acceptors (Lipinski definition) is 5. The van der Waals surface area contributed by atoms with Gasteiger partial charge in [-0.05, 0) is 43.2 Å². The van der Waals surface area contributed by atoms with Gasteiger partial charge in [0.15, 0.2) is 0 Å². The predicted molar refractivity (Wildman–Crippen MR) is 107 cm³/mol. The summed E-state index contributed by atoms with van der Waals surface area (Å²) in [5, 5.41) is 4.48. The summed E-state index contributed by atoms with van der Waals surface area (Å²) in [4.78, 5) is 15.0. The van der Waals surface area contributed by atoms with Crippen LogP contribution in [0.1, 0.15) is 34.8 Å². The number of nitrogens with zero attached hydrogens (tertiary/aromatic N) is 4. The van der Waals surface area contributed by atoms with E-state index in [1.165, 1.54) is 16.4 Å². The van der Waals surface area contributed by atoms with Crippen LogP contribution in [0.5, 0.6) is 0 Å². The topological polar surface area (TPSA) is 84.7 Å². The van der Waals surface area contributed by atoms with Crippen molar-refractivity contribution in [3.05, 3.63) is 47.8 Å². The van der Waals surface area contributed by atoms with Crippen LogP contribution in [0, 0.1) is 0 Å². The smallest absolute Gasteiger partial charge is 0.253 e. The molecule has 2 aliphatic rings. The van der Waals surface area contributed by atoms with E-state index in [-0.39, 0.29) is 16.7 Å². The highest BCUT2D eigenvalue weighted by molar-refractivity contribution is 7.89. The van der Waals surface area contributed by atoms with Crippen LogP contribution in [-0.4, -0.2) is 72.7 Å². The van der Waals surface area contributed by atoms with Crippen molar-refractivity contribution in [1.82, 2.24) is 19.0 Å². The second-order valence-electron chi connectivity index (χ2n) is 7.55. The number of carbonyl (C=O) groups excluding carboxylic acids is 1. The van der Waals surface area contributed by atoms with Crippen molar-refractivity contribution in [3.63, 3.8) is 0 Å². The van der Waals surface area contributed by atoms with Gasteiger partial charge < -0.3 is 9.64 Å². The SMILES string of the molecule is Cn1ccc([C@@H]2CCCN(C(=O)c3ccc(S(=O)(=O)N4CCOCC4)cc3)C2)n1. The Morgan fingerprint density at radius 3 is 2.48 bits per heavy atom. The summed E-state index contributed by atoms with van der Waals surface area (Å²) in [5.74, 6) is 0.163. The zero-order valence-corrected chi connectivity index (χ0v) is 17.3. The molecule has 1 amide bonds. The van der Waals surface area contributed by atoms with Gasteiger partial charge in [-0.25, -0.2) is 8.42 Å². The van der Waals surface area contributed by atoms with Gasteiger partial charge in [0.2, 0.25) is 10.0 Å². The summed E-state index contributed by atoms with van der Waals surface area (Å²) in [7, 11) is -1.66. The highest BCUT2D eigenvalue weighted by Gasteiger charge is 2.29. The van der Waals surface area contributed by atoms with E-state index in [2.05, 4.69) is 5.10 Å². The number of benzene rings is 1. The number of sulfonamides is 1. The summed E-state index contributed by atoms with van der Waals surface area (Å²) in [6.45, 7) is 2.85. The molecule has 1 aromatic heterocycles. The molecule has 3 heterocycles. The van der Waals surface area contributed by atoms with Crippen LogP contribution < -0.4 is 0 Å². The first-order valence-corrected chi connectivity index (χ1v) is 11.4. The van der Waals surface area contributed by atoms with E-state index >= 15 is 0 Å². The van der Waals surface area contributed by atoms with Crippen molar-refractivity contribution in [2.24, 2.45) is 7.05 Å². The number of ether oxygens (including phenoxy) is 1. The van der Waals surface area contributed by atoms with Crippen LogP contribution >= 0.6 is 0 Å². The van der Waals surface area contributed by atoms with Crippen molar-refractivity contribution in [1.29, 1.82) is 0 Å². The van der Waals surface area contributed by atoms with Crippen molar-refractivity contribution in [2.45, 2.75) is 23.7 Å². The number of hydrogen-bond donors (Lipinski definition) is 0. The third-order valence-corrected chi connectivity index (χ3v) is 7.48. The van der Waals surface area contributed by atoms with Crippen LogP contribution in [0.2, 0.25) is 0 Å². The summed E-state index contributed by atoms with van der Waals surface area (Å²) >= 11 is 0. The number of piperidine rings is 1. The molecule has 8 nitrogen and oxygen atoms in total. The second-order valence-corrected chi connectivity index (χ2v) is 9.48. The first kappa shape index (κ1) is 20.1. The molecular formula is C20H26N4O4S. The van der Waals surface area contributed by atoms with E-state index in [0.717, 1.165) is 18.5 Å². The Bertz CT molecular complexity index is 965. The Kier molecular flexibility index (Phi) is 5.71. The molecule has 2 aromatic rings. The van der Waals surface area contributed by atoms with Gasteiger partial charge in [-0.3, -0.25) is 9.48 Å². The highest BCUT2D eigenvalue weighted by atomic mass is 32.2. The van der Waals surface area contributed by atoms with Crippen LogP contribution in [-0.2, 0) is 21.8 Å². The fraction of sp³-hybridized carbons (Fsp3) is 0.500. The molecule has 0 bridgehead atoms. The van der Waals surface area contributed by atoms with E-state index in [4.69, 9.17) is 4.74 Å². The largest absolute Gasteiger partial charge is 0.379 e. The summed E-state index contributed by atoms with van der Waals surface area (Å²) in [5.41, 5.74) is 1.52. The monoisotopic (exact) mass is 418 g/mol. The van der Waals surface area contributed by atoms with E-state index < -0.39 is 10.0 Å². The average Bonchev–Trinajstić information content (AvgIpc) is 3.20. The van der Waals surface area contributed by atoms with Crippen molar-refractivity contribution >= 4 is 15.9 Å². The van der Waals surface area contributed by atoms with E-state index in [1.807, 2.05) is 24.2 Å². The Morgan fingerprint density at radius 1 is 1.10 bits per heavy atom. The number of aryl methyl sites for hydroxylation is 1. The quantitative estimate of drug-likeness (QED) is 0.751. The van der Waals surface area contributed by atoms with Gasteiger partial charge >= 0.3 is 0 Å². The fourth-order valence-electron chi connectivity index (χ4n) is 3.94. The minimum Gasteiger partial charge on any atom is -0.379 e. The molecule has 2 saturated heterocycles. The molecule has 0 saturated carbocycles. The van der Waals surface area contributed by atoms with Gasteiger partial charge in [-0.2, -0.15) is 9.40 Å². The van der Waals surface area contributed by atoms with E-state index in [1.54, 1.807) is 16.8 Å². The molecule has 2 fully saturated rings. The molecule has 0 spiro atoms. The lowest BCUT2D eigenvalue weighted by atomic mass is 9.94. The minimum atomic E-state index is -3.55. The van der Waals surface area contributed by atoms with Crippen LogP contribution in [0.25, 0.3) is 0 Å². The van der Waals surface area contributed by atoms with Gasteiger partial charge in [0.05, 0.1) is 23.8 Å². The van der Waals surface area contributed by atoms with Gasteiger partial charge in [0.1, 0.15) is 0 Å². The molecule has 1 aromatic carbocycles.